The Morgan fingerprint density at radius 1 is 1.00 bits per heavy atom. The number of imidazole rings is 1. The van der Waals surface area contributed by atoms with Crippen molar-refractivity contribution in [2.24, 2.45) is 0 Å². The van der Waals surface area contributed by atoms with Crippen LogP contribution in [-0.2, 0) is 32.0 Å². The average Bonchev–Trinajstić information content (AvgIpc) is 3.39. The van der Waals surface area contributed by atoms with Crippen LogP contribution < -0.4 is 5.73 Å². The van der Waals surface area contributed by atoms with Crippen LogP contribution in [0.4, 0.5) is 19.0 Å². The third kappa shape index (κ3) is 5.45. The van der Waals surface area contributed by atoms with Gasteiger partial charge in [0, 0.05) is 0 Å². The summed E-state index contributed by atoms with van der Waals surface area (Å²) in [4.78, 5) is 12.2. The van der Waals surface area contributed by atoms with E-state index >= 15 is 0 Å². The summed E-state index contributed by atoms with van der Waals surface area (Å²) in [6, 6.07) is 0. The van der Waals surface area contributed by atoms with E-state index in [1.807, 2.05) is 55.4 Å². The lowest BCUT2D eigenvalue weighted by Gasteiger charge is -2.51. The van der Waals surface area contributed by atoms with E-state index in [4.69, 9.17) is 27.6 Å². The van der Waals surface area contributed by atoms with Gasteiger partial charge in [0.25, 0.3) is 0 Å². The number of rotatable bonds is 7. The summed E-state index contributed by atoms with van der Waals surface area (Å²) in [6.45, 7) is 15.7. The number of hydrogen-bond acceptors (Lipinski definition) is 11. The molecule has 2 aliphatic rings. The third-order valence-corrected chi connectivity index (χ3v) is 19.1. The molecule has 0 spiro atoms. The Morgan fingerprint density at radius 2 is 1.59 bits per heavy atom. The van der Waals surface area contributed by atoms with Gasteiger partial charge >= 0.3 is 32.7 Å². The second-order valence-electron chi connectivity index (χ2n) is 11.7. The smallest absolute Gasteiger partial charge is 0.414 e. The maximum atomic E-state index is 13.6. The molecule has 0 aromatic carbocycles. The van der Waals surface area contributed by atoms with E-state index in [-0.39, 0.29) is 45.8 Å². The van der Waals surface area contributed by atoms with E-state index in [0.29, 0.717) is 0 Å². The summed E-state index contributed by atoms with van der Waals surface area (Å²) < 4.78 is 98.7. The second kappa shape index (κ2) is 11.1. The molecule has 18 heteroatoms. The molecule has 4 atom stereocenters. The molecule has 41 heavy (non-hydrogen) atoms. The number of nitrogens with two attached hydrogens (primary N) is 1. The molecule has 232 valence electrons. The van der Waals surface area contributed by atoms with Crippen LogP contribution in [0.25, 0.3) is 11.2 Å². The molecule has 0 radical (unpaired) electrons. The monoisotopic (exact) mass is 641 g/mol. The first-order valence-electron chi connectivity index (χ1n) is 13.5. The Labute approximate surface area is 239 Å². The van der Waals surface area contributed by atoms with Crippen molar-refractivity contribution >= 4 is 44.2 Å². The predicted octanol–water partition coefficient (Wildman–Crippen LogP) is 4.50. The van der Waals surface area contributed by atoms with Crippen molar-refractivity contribution < 1.29 is 43.5 Å². The van der Waals surface area contributed by atoms with Crippen LogP contribution >= 0.6 is 0 Å². The summed E-state index contributed by atoms with van der Waals surface area (Å²) in [7, 11) is -12.5. The molecule has 0 saturated carbocycles. The van der Waals surface area contributed by atoms with Crippen molar-refractivity contribution in [3.8, 4) is 0 Å². The van der Waals surface area contributed by atoms with Gasteiger partial charge in [-0.3, -0.25) is 8.75 Å². The first kappa shape index (κ1) is 32.2. The molecule has 2 aliphatic heterocycles. The number of ether oxygens (including phenoxy) is 1. The molecule has 1 unspecified atom stereocenters. The maximum Gasteiger partial charge on any atom is 0.523 e. The number of alkyl halides is 3. The minimum Gasteiger partial charge on any atom is -0.414 e. The number of nitrogens with zero attached hydrogens (tertiary/aromatic N) is 4. The van der Waals surface area contributed by atoms with Gasteiger partial charge in [0.2, 0.25) is 0 Å². The van der Waals surface area contributed by atoms with E-state index in [1.54, 1.807) is 0 Å². The standard InChI is InChI=1S/C23H38F3N5O7SSi2/c1-12(2)40(13(3)4)34-9-16-18(37-41(38-40,14(5)6)15(7)8)19(36-39(32,33)23(24,25)26)22(35-16)31-11-30-17-20(27)28-10-29-21(17)31/h10-16,18-19,22H,9H2,1-8H3,(H2,27,28,29)/t16-,18-,19+,22?/m1/s1. The van der Waals surface area contributed by atoms with Crippen LogP contribution in [-0.4, -0.2) is 75.5 Å². The van der Waals surface area contributed by atoms with Gasteiger partial charge in [-0.05, 0) is 22.2 Å². The van der Waals surface area contributed by atoms with Crippen LogP contribution in [0.3, 0.4) is 0 Å². The quantitative estimate of drug-likeness (QED) is 0.259. The molecular formula is C23H38F3N5O7SSi2. The summed E-state index contributed by atoms with van der Waals surface area (Å²) in [6.07, 6.45) is -3.12. The molecule has 0 bridgehead atoms. The molecule has 0 amide bonds. The SMILES string of the molecule is CC(C)[Si]1(C(C)C)OC[C@H]2OC(n3cnc4c(N)ncnc43)[C@@H](OS(=O)(=O)C(F)(F)F)[C@@H]2O[Si](C(C)C)(C(C)C)O1. The van der Waals surface area contributed by atoms with Gasteiger partial charge in [0.15, 0.2) is 23.8 Å². The van der Waals surface area contributed by atoms with Crippen LogP contribution in [0, 0.1) is 0 Å². The van der Waals surface area contributed by atoms with Gasteiger partial charge in [-0.15, -0.1) is 0 Å². The van der Waals surface area contributed by atoms with Gasteiger partial charge in [0.1, 0.15) is 24.1 Å². The van der Waals surface area contributed by atoms with E-state index in [9.17, 15) is 21.6 Å². The van der Waals surface area contributed by atoms with E-state index < -0.39 is 57.3 Å². The Hall–Kier alpha value is -1.68. The van der Waals surface area contributed by atoms with Gasteiger partial charge in [0.05, 0.1) is 12.9 Å². The molecule has 2 saturated heterocycles. The van der Waals surface area contributed by atoms with Gasteiger partial charge in [-0.2, -0.15) is 21.6 Å². The largest absolute Gasteiger partial charge is 0.523 e. The topological polar surface area (TPSA) is 150 Å². The second-order valence-corrected chi connectivity index (χ2v) is 22.1. The highest BCUT2D eigenvalue weighted by molar-refractivity contribution is 7.87. The fourth-order valence-corrected chi connectivity index (χ4v) is 17.5. The van der Waals surface area contributed by atoms with Crippen LogP contribution in [0.2, 0.25) is 22.2 Å². The third-order valence-electron chi connectivity index (χ3n) is 7.80. The van der Waals surface area contributed by atoms with E-state index in [0.717, 1.165) is 6.33 Å². The minimum absolute atomic E-state index is 0.000790. The molecule has 2 N–H and O–H groups in total. The highest BCUT2D eigenvalue weighted by Gasteiger charge is 2.63. The summed E-state index contributed by atoms with van der Waals surface area (Å²) in [5.74, 6) is 0.0295. The fraction of sp³-hybridized carbons (Fsp3) is 0.783. The molecule has 2 aromatic rings. The Kier molecular flexibility index (Phi) is 8.74. The van der Waals surface area contributed by atoms with Crippen LogP contribution in [0.1, 0.15) is 61.6 Å². The highest BCUT2D eigenvalue weighted by atomic mass is 32.2. The lowest BCUT2D eigenvalue weighted by Crippen LogP contribution is -2.66. The predicted molar refractivity (Wildman–Crippen MR) is 147 cm³/mol. The Balaban J connectivity index is 1.91. The number of halogens is 3. The highest BCUT2D eigenvalue weighted by Crippen LogP contribution is 2.49. The van der Waals surface area contributed by atoms with Crippen molar-refractivity contribution in [2.75, 3.05) is 12.3 Å². The normalized spacial score (nSPS) is 27.1. The zero-order valence-electron chi connectivity index (χ0n) is 24.2. The van der Waals surface area contributed by atoms with Gasteiger partial charge in [-0.1, -0.05) is 55.4 Å². The lowest BCUT2D eigenvalue weighted by molar-refractivity contribution is -0.0694. The number of fused-ring (bicyclic) bond motifs is 2. The molecular weight excluding hydrogens is 604 g/mol. The molecule has 12 nitrogen and oxygen atoms in total. The van der Waals surface area contributed by atoms with Crippen LogP contribution in [0.5, 0.6) is 0 Å². The summed E-state index contributed by atoms with van der Waals surface area (Å²) in [5.41, 5.74) is 0.143. The number of anilines is 1. The fourth-order valence-electron chi connectivity index (χ4n) is 5.71. The zero-order valence-corrected chi connectivity index (χ0v) is 27.1. The summed E-state index contributed by atoms with van der Waals surface area (Å²) in [5, 5.41) is 0. The minimum atomic E-state index is -6.07. The number of hydrogen-bond donors (Lipinski definition) is 1. The number of aromatic nitrogens is 4. The first-order chi connectivity index (χ1) is 18.9. The van der Waals surface area contributed by atoms with Gasteiger partial charge in [-0.25, -0.2) is 15.0 Å². The van der Waals surface area contributed by atoms with Crippen molar-refractivity contribution in [1.82, 2.24) is 19.5 Å². The lowest BCUT2D eigenvalue weighted by atomic mass is 10.1. The van der Waals surface area contributed by atoms with Crippen molar-refractivity contribution in [3.05, 3.63) is 12.7 Å². The molecule has 2 aromatic heterocycles. The molecule has 4 heterocycles. The van der Waals surface area contributed by atoms with E-state index in [1.165, 1.54) is 10.9 Å². The average molecular weight is 642 g/mol. The maximum absolute atomic E-state index is 13.6. The van der Waals surface area contributed by atoms with Crippen molar-refractivity contribution in [2.45, 2.75) is 108 Å². The summed E-state index contributed by atoms with van der Waals surface area (Å²) >= 11 is 0. The van der Waals surface area contributed by atoms with Crippen molar-refractivity contribution in [3.63, 3.8) is 0 Å². The Morgan fingerprint density at radius 3 is 2.12 bits per heavy atom. The zero-order chi connectivity index (χ0) is 30.7. The Bertz CT molecular complexity index is 1340. The van der Waals surface area contributed by atoms with Gasteiger partial charge < -0.3 is 23.4 Å². The van der Waals surface area contributed by atoms with Crippen molar-refractivity contribution in [1.29, 1.82) is 0 Å². The number of nitrogen functional groups attached to an aromatic ring is 1. The molecule has 4 rings (SSSR count). The van der Waals surface area contributed by atoms with Crippen LogP contribution in [0.15, 0.2) is 12.7 Å². The first-order valence-corrected chi connectivity index (χ1v) is 18.8. The van der Waals surface area contributed by atoms with E-state index in [2.05, 4.69) is 15.0 Å². The molecule has 2 fully saturated rings. The molecule has 0 aliphatic carbocycles.